The topological polar surface area (TPSA) is 96.7 Å². The van der Waals surface area contributed by atoms with Crippen LogP contribution in [0, 0.1) is 17.7 Å². The molecule has 0 aliphatic carbocycles. The third-order valence-corrected chi connectivity index (χ3v) is 2.22. The third-order valence-electron chi connectivity index (χ3n) is 2.22. The molecule has 0 amide bonds. The predicted molar refractivity (Wildman–Crippen MR) is 62.9 cm³/mol. The fraction of sp³-hybridized carbons (Fsp3) is 0.0909. The standard InChI is InChI=1S/C11H9FN4O2/c12-9-4-3-8(6-7(9)2-1-5-13)16-10(17)14-15-11(16)18/h3-4,6H,5,13H2,(H,14,17)(H,15,18). The number of nitrogens with two attached hydrogens (primary N) is 1. The fourth-order valence-electron chi connectivity index (χ4n) is 1.44. The van der Waals surface area contributed by atoms with Crippen LogP contribution in [0.3, 0.4) is 0 Å². The first-order valence-electron chi connectivity index (χ1n) is 5.02. The molecule has 0 aliphatic heterocycles. The van der Waals surface area contributed by atoms with Gasteiger partial charge >= 0.3 is 11.4 Å². The van der Waals surface area contributed by atoms with Crippen LogP contribution in [0.4, 0.5) is 4.39 Å². The van der Waals surface area contributed by atoms with Gasteiger partial charge in [-0.1, -0.05) is 11.8 Å². The van der Waals surface area contributed by atoms with Gasteiger partial charge < -0.3 is 5.73 Å². The first-order valence-corrected chi connectivity index (χ1v) is 5.02. The maximum Gasteiger partial charge on any atom is 0.348 e. The summed E-state index contributed by atoms with van der Waals surface area (Å²) in [5.41, 5.74) is 4.23. The van der Waals surface area contributed by atoms with E-state index < -0.39 is 17.2 Å². The SMILES string of the molecule is NCC#Cc1cc(-n2c(=O)[nH][nH]c2=O)ccc1F. The monoisotopic (exact) mass is 248 g/mol. The van der Waals surface area contributed by atoms with Gasteiger partial charge in [0.25, 0.3) is 0 Å². The van der Waals surface area contributed by atoms with Gasteiger partial charge in [0.15, 0.2) is 0 Å². The smallest absolute Gasteiger partial charge is 0.320 e. The molecule has 0 radical (unpaired) electrons. The lowest BCUT2D eigenvalue weighted by Crippen LogP contribution is -2.24. The second-order valence-electron chi connectivity index (χ2n) is 3.37. The highest BCUT2D eigenvalue weighted by molar-refractivity contribution is 5.44. The minimum atomic E-state index is -0.635. The largest absolute Gasteiger partial charge is 0.348 e. The van der Waals surface area contributed by atoms with Crippen molar-refractivity contribution in [1.82, 2.24) is 14.8 Å². The van der Waals surface area contributed by atoms with Crippen molar-refractivity contribution in [3.8, 4) is 17.5 Å². The first-order chi connectivity index (χ1) is 8.63. The Morgan fingerprint density at radius 3 is 2.56 bits per heavy atom. The number of hydrogen-bond donors (Lipinski definition) is 3. The molecular formula is C11H9FN4O2. The number of halogens is 1. The number of benzene rings is 1. The second kappa shape index (κ2) is 4.73. The summed E-state index contributed by atoms with van der Waals surface area (Å²) < 4.78 is 14.3. The number of nitrogens with one attached hydrogen (secondary N) is 2. The molecule has 0 aliphatic rings. The van der Waals surface area contributed by atoms with Crippen LogP contribution in [0.25, 0.3) is 5.69 Å². The van der Waals surface area contributed by atoms with Crippen molar-refractivity contribution in [3.63, 3.8) is 0 Å². The lowest BCUT2D eigenvalue weighted by molar-refractivity contribution is 0.623. The fourth-order valence-corrected chi connectivity index (χ4v) is 1.44. The van der Waals surface area contributed by atoms with Crippen molar-refractivity contribution in [2.45, 2.75) is 0 Å². The normalized spacial score (nSPS) is 9.89. The van der Waals surface area contributed by atoms with E-state index in [4.69, 9.17) is 5.73 Å². The summed E-state index contributed by atoms with van der Waals surface area (Å²) in [6, 6.07) is 3.75. The molecule has 0 bridgehead atoms. The summed E-state index contributed by atoms with van der Waals surface area (Å²) in [5, 5.41) is 4.27. The maximum atomic E-state index is 13.4. The van der Waals surface area contributed by atoms with Gasteiger partial charge in [-0.2, -0.15) is 0 Å². The van der Waals surface area contributed by atoms with Crippen LogP contribution in [0.1, 0.15) is 5.56 Å². The molecule has 2 aromatic rings. The molecule has 7 heteroatoms. The lowest BCUT2D eigenvalue weighted by Gasteiger charge is -2.01. The zero-order valence-corrected chi connectivity index (χ0v) is 9.16. The van der Waals surface area contributed by atoms with E-state index in [-0.39, 0.29) is 17.8 Å². The average molecular weight is 248 g/mol. The summed E-state index contributed by atoms with van der Waals surface area (Å²) in [4.78, 5) is 22.8. The molecule has 1 aromatic heterocycles. The van der Waals surface area contributed by atoms with Gasteiger partial charge in [0.2, 0.25) is 0 Å². The quantitative estimate of drug-likeness (QED) is 0.582. The van der Waals surface area contributed by atoms with Crippen LogP contribution in [0.5, 0.6) is 0 Å². The van der Waals surface area contributed by atoms with E-state index in [2.05, 4.69) is 22.0 Å². The Morgan fingerprint density at radius 1 is 1.28 bits per heavy atom. The second-order valence-corrected chi connectivity index (χ2v) is 3.37. The van der Waals surface area contributed by atoms with E-state index in [0.29, 0.717) is 0 Å². The third kappa shape index (κ3) is 2.09. The maximum absolute atomic E-state index is 13.4. The van der Waals surface area contributed by atoms with Gasteiger partial charge in [-0.25, -0.2) is 28.7 Å². The van der Waals surface area contributed by atoms with E-state index in [1.807, 2.05) is 0 Å². The predicted octanol–water partition coefficient (Wildman–Crippen LogP) is -0.697. The summed E-state index contributed by atoms with van der Waals surface area (Å²) in [5.74, 6) is 4.49. The number of hydrogen-bond acceptors (Lipinski definition) is 3. The highest BCUT2D eigenvalue weighted by Gasteiger charge is 2.08. The van der Waals surface area contributed by atoms with Crippen molar-refractivity contribution in [2.24, 2.45) is 5.73 Å². The number of H-pyrrole nitrogens is 2. The molecular weight excluding hydrogens is 239 g/mol. The van der Waals surface area contributed by atoms with Gasteiger partial charge in [-0.05, 0) is 18.2 Å². The minimum Gasteiger partial charge on any atom is -0.320 e. The molecule has 92 valence electrons. The molecule has 1 heterocycles. The molecule has 0 saturated heterocycles. The van der Waals surface area contributed by atoms with Gasteiger partial charge in [-0.15, -0.1) is 0 Å². The van der Waals surface area contributed by atoms with E-state index >= 15 is 0 Å². The number of aromatic amines is 2. The number of aromatic nitrogens is 3. The Labute approximate surface area is 100 Å². The Hall–Kier alpha value is -2.59. The zero-order chi connectivity index (χ0) is 13.1. The molecule has 0 atom stereocenters. The van der Waals surface area contributed by atoms with Gasteiger partial charge in [0.05, 0.1) is 17.8 Å². The van der Waals surface area contributed by atoms with Crippen molar-refractivity contribution in [1.29, 1.82) is 0 Å². The van der Waals surface area contributed by atoms with Crippen molar-refractivity contribution >= 4 is 0 Å². The highest BCUT2D eigenvalue weighted by Crippen LogP contribution is 2.10. The Balaban J connectivity index is 2.61. The lowest BCUT2D eigenvalue weighted by atomic mass is 10.2. The highest BCUT2D eigenvalue weighted by atomic mass is 19.1. The van der Waals surface area contributed by atoms with Gasteiger partial charge in [0.1, 0.15) is 5.82 Å². The summed E-state index contributed by atoms with van der Waals surface area (Å²) in [6.07, 6.45) is 0. The molecule has 4 N–H and O–H groups in total. The molecule has 0 spiro atoms. The van der Waals surface area contributed by atoms with Crippen molar-refractivity contribution in [2.75, 3.05) is 6.54 Å². The van der Waals surface area contributed by atoms with E-state index in [1.54, 1.807) is 0 Å². The molecule has 0 saturated carbocycles. The number of rotatable bonds is 1. The zero-order valence-electron chi connectivity index (χ0n) is 9.16. The average Bonchev–Trinajstić information content (AvgIpc) is 2.68. The van der Waals surface area contributed by atoms with Crippen LogP contribution >= 0.6 is 0 Å². The Bertz CT molecular complexity index is 717. The molecule has 6 nitrogen and oxygen atoms in total. The van der Waals surface area contributed by atoms with Crippen LogP contribution in [-0.4, -0.2) is 21.3 Å². The minimum absolute atomic E-state index is 0.0745. The van der Waals surface area contributed by atoms with E-state index in [1.165, 1.54) is 12.1 Å². The molecule has 0 fully saturated rings. The summed E-state index contributed by atoms with van der Waals surface area (Å²) in [6.45, 7) is 0.0916. The first kappa shape index (κ1) is 11.9. The molecule has 2 rings (SSSR count). The summed E-state index contributed by atoms with van der Waals surface area (Å²) >= 11 is 0. The Kier molecular flexibility index (Phi) is 3.12. The molecule has 1 aromatic carbocycles. The van der Waals surface area contributed by atoms with Crippen LogP contribution in [0.2, 0.25) is 0 Å². The molecule has 0 unspecified atom stereocenters. The number of nitrogens with zero attached hydrogens (tertiary/aromatic N) is 1. The van der Waals surface area contributed by atoms with Crippen molar-refractivity contribution in [3.05, 3.63) is 50.5 Å². The Morgan fingerprint density at radius 2 is 1.94 bits per heavy atom. The van der Waals surface area contributed by atoms with E-state index in [0.717, 1.165) is 10.6 Å². The summed E-state index contributed by atoms with van der Waals surface area (Å²) in [7, 11) is 0. The van der Waals surface area contributed by atoms with Crippen LogP contribution in [0.15, 0.2) is 27.8 Å². The van der Waals surface area contributed by atoms with Crippen molar-refractivity contribution < 1.29 is 4.39 Å². The van der Waals surface area contributed by atoms with Gasteiger partial charge in [-0.3, -0.25) is 0 Å². The van der Waals surface area contributed by atoms with E-state index in [9.17, 15) is 14.0 Å². The van der Waals surface area contributed by atoms with Crippen LogP contribution < -0.4 is 17.1 Å². The van der Waals surface area contributed by atoms with Gasteiger partial charge in [0, 0.05) is 0 Å². The van der Waals surface area contributed by atoms with Crippen LogP contribution in [-0.2, 0) is 0 Å². The molecule has 18 heavy (non-hydrogen) atoms.